The molecule has 0 saturated heterocycles. The Morgan fingerprint density at radius 1 is 1.14 bits per heavy atom. The van der Waals surface area contributed by atoms with Gasteiger partial charge in [0.1, 0.15) is 5.75 Å². The van der Waals surface area contributed by atoms with E-state index in [9.17, 15) is 4.79 Å². The van der Waals surface area contributed by atoms with Crippen LogP contribution in [0.4, 0.5) is 0 Å². The number of hydrogen-bond donors (Lipinski definition) is 1. The fraction of sp³-hybridized carbons (Fsp3) is 0.421. The third-order valence-electron chi connectivity index (χ3n) is 3.77. The molecule has 0 bridgehead atoms. The second-order valence-electron chi connectivity index (χ2n) is 5.72. The molecule has 1 N–H and O–H groups in total. The molecule has 2 aromatic rings. The standard InChI is InChI=1S/C19H25NO2/c1-4-8-14(3)20-19(21)18(5-2)22-17-12-11-15-9-6-7-10-16(15)13-17/h6-7,9-14,18H,4-5,8H2,1-3H3,(H,20,21)/t14-,18-/m0/s1. The summed E-state index contributed by atoms with van der Waals surface area (Å²) in [6.45, 7) is 6.12. The minimum absolute atomic E-state index is 0.0309. The van der Waals surface area contributed by atoms with E-state index in [2.05, 4.69) is 18.3 Å². The van der Waals surface area contributed by atoms with Gasteiger partial charge in [-0.15, -0.1) is 0 Å². The third-order valence-corrected chi connectivity index (χ3v) is 3.77. The first kappa shape index (κ1) is 16.3. The molecule has 0 aliphatic carbocycles. The first-order valence-corrected chi connectivity index (χ1v) is 8.09. The molecular weight excluding hydrogens is 274 g/mol. The highest BCUT2D eigenvalue weighted by molar-refractivity contribution is 5.84. The van der Waals surface area contributed by atoms with Crippen LogP contribution in [-0.4, -0.2) is 18.1 Å². The van der Waals surface area contributed by atoms with Crippen LogP contribution in [0, 0.1) is 0 Å². The van der Waals surface area contributed by atoms with Crippen LogP contribution < -0.4 is 10.1 Å². The van der Waals surface area contributed by atoms with Crippen molar-refractivity contribution in [3.63, 3.8) is 0 Å². The Balaban J connectivity index is 2.06. The summed E-state index contributed by atoms with van der Waals surface area (Å²) in [4.78, 5) is 12.3. The number of carbonyl (C=O) groups excluding carboxylic acids is 1. The van der Waals surface area contributed by atoms with Crippen molar-refractivity contribution in [1.82, 2.24) is 5.32 Å². The lowest BCUT2D eigenvalue weighted by atomic mass is 10.1. The maximum atomic E-state index is 12.3. The van der Waals surface area contributed by atoms with Crippen LogP contribution in [0.5, 0.6) is 5.75 Å². The van der Waals surface area contributed by atoms with E-state index in [4.69, 9.17) is 4.74 Å². The molecule has 0 saturated carbocycles. The van der Waals surface area contributed by atoms with E-state index in [0.717, 1.165) is 24.0 Å². The van der Waals surface area contributed by atoms with Crippen molar-refractivity contribution >= 4 is 16.7 Å². The Bertz CT molecular complexity index is 624. The molecule has 2 rings (SSSR count). The van der Waals surface area contributed by atoms with Crippen molar-refractivity contribution < 1.29 is 9.53 Å². The highest BCUT2D eigenvalue weighted by Gasteiger charge is 2.19. The molecule has 118 valence electrons. The summed E-state index contributed by atoms with van der Waals surface area (Å²) in [5, 5.41) is 5.32. The Kier molecular flexibility index (Phi) is 5.82. The summed E-state index contributed by atoms with van der Waals surface area (Å²) in [6, 6.07) is 14.3. The van der Waals surface area contributed by atoms with Gasteiger partial charge in [-0.1, -0.05) is 50.6 Å². The fourth-order valence-electron chi connectivity index (χ4n) is 2.57. The van der Waals surface area contributed by atoms with Gasteiger partial charge >= 0.3 is 0 Å². The predicted octanol–water partition coefficient (Wildman–Crippen LogP) is 4.30. The average molecular weight is 299 g/mol. The van der Waals surface area contributed by atoms with Gasteiger partial charge in [0.05, 0.1) is 0 Å². The molecule has 22 heavy (non-hydrogen) atoms. The Hall–Kier alpha value is -2.03. The molecule has 0 unspecified atom stereocenters. The van der Waals surface area contributed by atoms with Crippen LogP contribution in [0.15, 0.2) is 42.5 Å². The van der Waals surface area contributed by atoms with Crippen molar-refractivity contribution in [3.8, 4) is 5.75 Å². The molecular formula is C19H25NO2. The summed E-state index contributed by atoms with van der Waals surface area (Å²) in [7, 11) is 0. The second kappa shape index (κ2) is 7.83. The maximum Gasteiger partial charge on any atom is 0.261 e. The number of benzene rings is 2. The average Bonchev–Trinajstić information content (AvgIpc) is 2.52. The number of nitrogens with one attached hydrogen (secondary N) is 1. The molecule has 3 nitrogen and oxygen atoms in total. The normalized spacial score (nSPS) is 13.6. The van der Waals surface area contributed by atoms with E-state index in [1.807, 2.05) is 50.2 Å². The van der Waals surface area contributed by atoms with Gasteiger partial charge in [-0.05, 0) is 42.7 Å². The lowest BCUT2D eigenvalue weighted by Crippen LogP contribution is -2.42. The third kappa shape index (κ3) is 4.23. The number of fused-ring (bicyclic) bond motifs is 1. The van der Waals surface area contributed by atoms with E-state index >= 15 is 0 Å². The van der Waals surface area contributed by atoms with Gasteiger partial charge < -0.3 is 10.1 Å². The second-order valence-corrected chi connectivity index (χ2v) is 5.72. The minimum atomic E-state index is -0.444. The Morgan fingerprint density at radius 2 is 1.86 bits per heavy atom. The monoisotopic (exact) mass is 299 g/mol. The lowest BCUT2D eigenvalue weighted by Gasteiger charge is -2.20. The van der Waals surface area contributed by atoms with Gasteiger partial charge in [-0.25, -0.2) is 0 Å². The van der Waals surface area contributed by atoms with E-state index in [0.29, 0.717) is 6.42 Å². The molecule has 0 aromatic heterocycles. The van der Waals surface area contributed by atoms with Crippen molar-refractivity contribution in [1.29, 1.82) is 0 Å². The smallest absolute Gasteiger partial charge is 0.261 e. The number of amides is 1. The van der Waals surface area contributed by atoms with E-state index in [1.165, 1.54) is 5.39 Å². The van der Waals surface area contributed by atoms with Gasteiger partial charge in [0.2, 0.25) is 0 Å². The lowest BCUT2D eigenvalue weighted by molar-refractivity contribution is -0.128. The van der Waals surface area contributed by atoms with Gasteiger partial charge in [0.15, 0.2) is 6.10 Å². The zero-order chi connectivity index (χ0) is 15.9. The van der Waals surface area contributed by atoms with Crippen molar-refractivity contribution in [3.05, 3.63) is 42.5 Å². The highest BCUT2D eigenvalue weighted by Crippen LogP contribution is 2.22. The molecule has 2 aromatic carbocycles. The van der Waals surface area contributed by atoms with E-state index in [1.54, 1.807) is 0 Å². The summed E-state index contributed by atoms with van der Waals surface area (Å²) in [5.41, 5.74) is 0. The Labute approximate surface area is 132 Å². The molecule has 0 aliphatic heterocycles. The molecule has 0 heterocycles. The zero-order valence-corrected chi connectivity index (χ0v) is 13.6. The largest absolute Gasteiger partial charge is 0.481 e. The number of hydrogen-bond acceptors (Lipinski definition) is 2. The number of carbonyl (C=O) groups is 1. The highest BCUT2D eigenvalue weighted by atomic mass is 16.5. The topological polar surface area (TPSA) is 38.3 Å². The van der Waals surface area contributed by atoms with Gasteiger partial charge in [0, 0.05) is 6.04 Å². The molecule has 2 atom stereocenters. The van der Waals surface area contributed by atoms with E-state index in [-0.39, 0.29) is 11.9 Å². The number of ether oxygens (including phenoxy) is 1. The molecule has 0 fully saturated rings. The van der Waals surface area contributed by atoms with Crippen molar-refractivity contribution in [2.45, 2.75) is 52.2 Å². The minimum Gasteiger partial charge on any atom is -0.481 e. The Morgan fingerprint density at radius 3 is 2.55 bits per heavy atom. The van der Waals surface area contributed by atoms with Crippen molar-refractivity contribution in [2.24, 2.45) is 0 Å². The van der Waals surface area contributed by atoms with Crippen LogP contribution in [0.3, 0.4) is 0 Å². The first-order chi connectivity index (χ1) is 10.6. The quantitative estimate of drug-likeness (QED) is 0.827. The summed E-state index contributed by atoms with van der Waals surface area (Å²) >= 11 is 0. The SMILES string of the molecule is CCC[C@H](C)NC(=O)[C@H](CC)Oc1ccc2ccccc2c1. The van der Waals surface area contributed by atoms with Crippen molar-refractivity contribution in [2.75, 3.05) is 0 Å². The molecule has 0 aliphatic rings. The fourth-order valence-corrected chi connectivity index (χ4v) is 2.57. The van der Waals surface area contributed by atoms with Crippen LogP contribution in [-0.2, 0) is 4.79 Å². The van der Waals surface area contributed by atoms with Crippen LogP contribution in [0.1, 0.15) is 40.0 Å². The van der Waals surface area contributed by atoms with Crippen LogP contribution >= 0.6 is 0 Å². The van der Waals surface area contributed by atoms with Crippen LogP contribution in [0.2, 0.25) is 0 Å². The summed E-state index contributed by atoms with van der Waals surface area (Å²) in [5.74, 6) is 0.709. The molecule has 3 heteroatoms. The predicted molar refractivity (Wildman–Crippen MR) is 91.2 cm³/mol. The molecule has 1 amide bonds. The maximum absolute atomic E-state index is 12.3. The summed E-state index contributed by atoms with van der Waals surface area (Å²) < 4.78 is 5.90. The molecule has 0 spiro atoms. The van der Waals surface area contributed by atoms with E-state index < -0.39 is 6.10 Å². The van der Waals surface area contributed by atoms with Gasteiger partial charge in [-0.2, -0.15) is 0 Å². The number of rotatable bonds is 7. The molecule has 0 radical (unpaired) electrons. The zero-order valence-electron chi connectivity index (χ0n) is 13.6. The first-order valence-electron chi connectivity index (χ1n) is 8.09. The van der Waals surface area contributed by atoms with Gasteiger partial charge in [-0.3, -0.25) is 4.79 Å². The summed E-state index contributed by atoms with van der Waals surface area (Å²) in [6.07, 6.45) is 2.25. The van der Waals surface area contributed by atoms with Gasteiger partial charge in [0.25, 0.3) is 5.91 Å². The van der Waals surface area contributed by atoms with Crippen LogP contribution in [0.25, 0.3) is 10.8 Å².